The lowest BCUT2D eigenvalue weighted by Gasteiger charge is -2.12. The fraction of sp³-hybridized carbons (Fsp3) is 0.188. The monoisotopic (exact) mass is 379 g/mol. The van der Waals surface area contributed by atoms with Gasteiger partial charge < -0.3 is 9.47 Å². The van der Waals surface area contributed by atoms with Crippen molar-refractivity contribution in [3.63, 3.8) is 0 Å². The smallest absolute Gasteiger partial charge is 0.162 e. The van der Waals surface area contributed by atoms with Gasteiger partial charge in [-0.2, -0.15) is 5.26 Å². The molecule has 0 N–H and O–H groups in total. The van der Waals surface area contributed by atoms with Gasteiger partial charge in [0, 0.05) is 9.64 Å². The van der Waals surface area contributed by atoms with Crippen LogP contribution in [0.2, 0.25) is 0 Å². The molecule has 0 amide bonds. The third-order valence-electron chi connectivity index (χ3n) is 2.68. The topological polar surface area (TPSA) is 42.2 Å². The third kappa shape index (κ3) is 3.87. The molecule has 0 atom stereocenters. The molecule has 4 heteroatoms. The molecule has 2 aromatic carbocycles. The summed E-state index contributed by atoms with van der Waals surface area (Å²) in [6, 6.07) is 15.5. The average molecular weight is 379 g/mol. The Balaban J connectivity index is 2.12. The van der Waals surface area contributed by atoms with E-state index in [0.717, 1.165) is 5.56 Å². The minimum atomic E-state index is 0.475. The molecular weight excluding hydrogens is 365 g/mol. The van der Waals surface area contributed by atoms with Crippen molar-refractivity contribution in [1.29, 1.82) is 5.26 Å². The van der Waals surface area contributed by atoms with E-state index in [-0.39, 0.29) is 0 Å². The van der Waals surface area contributed by atoms with E-state index in [2.05, 4.69) is 28.7 Å². The Bertz CT molecular complexity index is 617. The van der Waals surface area contributed by atoms with Crippen molar-refractivity contribution >= 4 is 22.6 Å². The second-order valence-corrected chi connectivity index (χ2v) is 5.37. The van der Waals surface area contributed by atoms with Crippen molar-refractivity contribution < 1.29 is 9.47 Å². The van der Waals surface area contributed by atoms with Gasteiger partial charge in [0.1, 0.15) is 6.61 Å². The summed E-state index contributed by atoms with van der Waals surface area (Å²) in [6.45, 7) is 2.92. The first-order valence-electron chi connectivity index (χ1n) is 6.27. The van der Waals surface area contributed by atoms with E-state index in [1.165, 1.54) is 3.57 Å². The van der Waals surface area contributed by atoms with Gasteiger partial charge in [0.25, 0.3) is 0 Å². The minimum absolute atomic E-state index is 0.475. The molecule has 0 heterocycles. The van der Waals surface area contributed by atoms with Crippen LogP contribution in [0.25, 0.3) is 0 Å². The Hall–Kier alpha value is -1.74. The van der Waals surface area contributed by atoms with Crippen LogP contribution < -0.4 is 9.47 Å². The summed E-state index contributed by atoms with van der Waals surface area (Å²) in [5, 5.41) is 8.91. The van der Waals surface area contributed by atoms with Gasteiger partial charge >= 0.3 is 0 Å². The maximum atomic E-state index is 8.91. The second kappa shape index (κ2) is 7.15. The Labute approximate surface area is 132 Å². The molecule has 0 bridgehead atoms. The van der Waals surface area contributed by atoms with E-state index >= 15 is 0 Å². The molecular formula is C16H14INO2. The Kier molecular flexibility index (Phi) is 5.24. The maximum Gasteiger partial charge on any atom is 0.162 e. The van der Waals surface area contributed by atoms with Gasteiger partial charge in [0.15, 0.2) is 11.5 Å². The van der Waals surface area contributed by atoms with E-state index in [1.54, 1.807) is 18.2 Å². The molecule has 0 unspecified atom stereocenters. The van der Waals surface area contributed by atoms with Crippen LogP contribution in [0, 0.1) is 14.9 Å². The van der Waals surface area contributed by atoms with Gasteiger partial charge in [0.2, 0.25) is 0 Å². The first kappa shape index (κ1) is 14.7. The fourth-order valence-corrected chi connectivity index (χ4v) is 2.07. The lowest BCUT2D eigenvalue weighted by molar-refractivity contribution is 0.269. The fourth-order valence-electron chi connectivity index (χ4n) is 1.71. The van der Waals surface area contributed by atoms with Crippen LogP contribution in [0.3, 0.4) is 0 Å². The molecule has 0 spiro atoms. The zero-order valence-corrected chi connectivity index (χ0v) is 13.3. The molecule has 0 aliphatic carbocycles. The highest BCUT2D eigenvalue weighted by Crippen LogP contribution is 2.29. The molecule has 20 heavy (non-hydrogen) atoms. The quantitative estimate of drug-likeness (QED) is 0.734. The predicted molar refractivity (Wildman–Crippen MR) is 85.8 cm³/mol. The third-order valence-corrected chi connectivity index (χ3v) is 3.40. The van der Waals surface area contributed by atoms with Crippen LogP contribution in [0.1, 0.15) is 18.1 Å². The number of benzene rings is 2. The SMILES string of the molecule is CCOc1cc(C#N)ccc1OCc1ccc(I)cc1. The second-order valence-electron chi connectivity index (χ2n) is 4.12. The highest BCUT2D eigenvalue weighted by molar-refractivity contribution is 14.1. The van der Waals surface area contributed by atoms with Gasteiger partial charge in [-0.15, -0.1) is 0 Å². The summed E-state index contributed by atoms with van der Waals surface area (Å²) in [7, 11) is 0. The van der Waals surface area contributed by atoms with Crippen molar-refractivity contribution in [2.75, 3.05) is 6.61 Å². The molecule has 0 fully saturated rings. The summed E-state index contributed by atoms with van der Waals surface area (Å²) in [5.41, 5.74) is 1.66. The summed E-state index contributed by atoms with van der Waals surface area (Å²) in [4.78, 5) is 0. The van der Waals surface area contributed by atoms with Crippen LogP contribution in [0.4, 0.5) is 0 Å². The predicted octanol–water partition coefficient (Wildman–Crippen LogP) is 4.14. The number of halogens is 1. The number of ether oxygens (including phenoxy) is 2. The van der Waals surface area contributed by atoms with Gasteiger partial charge in [-0.05, 0) is 59.3 Å². The molecule has 0 saturated heterocycles. The summed E-state index contributed by atoms with van der Waals surface area (Å²) >= 11 is 2.27. The largest absolute Gasteiger partial charge is 0.490 e. The lowest BCUT2D eigenvalue weighted by atomic mass is 10.2. The lowest BCUT2D eigenvalue weighted by Crippen LogP contribution is -2.00. The number of hydrogen-bond acceptors (Lipinski definition) is 3. The van der Waals surface area contributed by atoms with Crippen molar-refractivity contribution in [2.45, 2.75) is 13.5 Å². The molecule has 2 aromatic rings. The molecule has 3 nitrogen and oxygen atoms in total. The molecule has 0 radical (unpaired) electrons. The van der Waals surface area contributed by atoms with Crippen LogP contribution in [-0.4, -0.2) is 6.61 Å². The van der Waals surface area contributed by atoms with Crippen LogP contribution in [0.5, 0.6) is 11.5 Å². The summed E-state index contributed by atoms with van der Waals surface area (Å²) in [5.74, 6) is 1.27. The number of nitrogens with zero attached hydrogens (tertiary/aromatic N) is 1. The normalized spacial score (nSPS) is 9.85. The van der Waals surface area contributed by atoms with Gasteiger partial charge in [-0.3, -0.25) is 0 Å². The molecule has 0 saturated carbocycles. The maximum absolute atomic E-state index is 8.91. The Morgan fingerprint density at radius 3 is 2.45 bits per heavy atom. The zero-order valence-electron chi connectivity index (χ0n) is 11.1. The van der Waals surface area contributed by atoms with Crippen LogP contribution >= 0.6 is 22.6 Å². The van der Waals surface area contributed by atoms with E-state index in [0.29, 0.717) is 30.3 Å². The average Bonchev–Trinajstić information content (AvgIpc) is 2.48. The van der Waals surface area contributed by atoms with Crippen molar-refractivity contribution in [3.05, 3.63) is 57.2 Å². The Morgan fingerprint density at radius 1 is 1.05 bits per heavy atom. The van der Waals surface area contributed by atoms with E-state index < -0.39 is 0 Å². The minimum Gasteiger partial charge on any atom is -0.490 e. The molecule has 2 rings (SSSR count). The van der Waals surface area contributed by atoms with Crippen LogP contribution in [0.15, 0.2) is 42.5 Å². The van der Waals surface area contributed by atoms with Crippen molar-refractivity contribution in [1.82, 2.24) is 0 Å². The highest BCUT2D eigenvalue weighted by Gasteiger charge is 2.06. The highest BCUT2D eigenvalue weighted by atomic mass is 127. The van der Waals surface area contributed by atoms with Gasteiger partial charge in [-0.25, -0.2) is 0 Å². The van der Waals surface area contributed by atoms with Gasteiger partial charge in [-0.1, -0.05) is 12.1 Å². The number of nitriles is 1. The zero-order chi connectivity index (χ0) is 14.4. The molecule has 0 aromatic heterocycles. The summed E-state index contributed by atoms with van der Waals surface area (Å²) < 4.78 is 12.5. The summed E-state index contributed by atoms with van der Waals surface area (Å²) in [6.07, 6.45) is 0. The van der Waals surface area contributed by atoms with Gasteiger partial charge in [0.05, 0.1) is 18.2 Å². The van der Waals surface area contributed by atoms with Crippen LogP contribution in [-0.2, 0) is 6.61 Å². The molecule has 0 aliphatic heterocycles. The Morgan fingerprint density at radius 2 is 1.80 bits per heavy atom. The first-order chi connectivity index (χ1) is 9.72. The van der Waals surface area contributed by atoms with Crippen molar-refractivity contribution in [2.24, 2.45) is 0 Å². The van der Waals surface area contributed by atoms with Crippen molar-refractivity contribution in [3.8, 4) is 17.6 Å². The van der Waals surface area contributed by atoms with E-state index in [4.69, 9.17) is 14.7 Å². The van der Waals surface area contributed by atoms with E-state index in [9.17, 15) is 0 Å². The number of rotatable bonds is 5. The van der Waals surface area contributed by atoms with E-state index in [1.807, 2.05) is 31.2 Å². The number of hydrogen-bond donors (Lipinski definition) is 0. The first-order valence-corrected chi connectivity index (χ1v) is 7.35. The molecule has 0 aliphatic rings. The standard InChI is InChI=1S/C16H14INO2/c1-2-19-16-9-13(10-18)5-8-15(16)20-11-12-3-6-14(17)7-4-12/h3-9H,2,11H2,1H3. The molecule has 102 valence electrons.